The van der Waals surface area contributed by atoms with E-state index in [1.54, 1.807) is 0 Å². The summed E-state index contributed by atoms with van der Waals surface area (Å²) in [4.78, 5) is 0.573. The van der Waals surface area contributed by atoms with E-state index in [-0.39, 0.29) is 26.1 Å². The number of nitrogens with one attached hydrogen (secondary N) is 1. The van der Waals surface area contributed by atoms with Crippen LogP contribution in [-0.2, 0) is 4.74 Å². The van der Waals surface area contributed by atoms with Gasteiger partial charge in [0.05, 0.1) is 42.1 Å². The number of hydrogen-bond donors (Lipinski definition) is 7. The van der Waals surface area contributed by atoms with Gasteiger partial charge in [0.1, 0.15) is 12.2 Å². The Kier molecular flexibility index (Phi) is 11.2. The number of rotatable bonds is 11. The topological polar surface area (TPSA) is 143 Å². The smallest absolute Gasteiger partial charge is 0.109 e. The van der Waals surface area contributed by atoms with Gasteiger partial charge in [0.2, 0.25) is 0 Å². The molecule has 0 amide bonds. The second-order valence-electron chi connectivity index (χ2n) is 7.31. The van der Waals surface area contributed by atoms with Crippen LogP contribution >= 0.6 is 12.2 Å². The first-order valence-corrected chi connectivity index (χ1v) is 10.1. The summed E-state index contributed by atoms with van der Waals surface area (Å²) in [6.07, 6.45) is -3.98. The molecule has 7 N–H and O–H groups in total. The lowest BCUT2D eigenvalue weighted by Gasteiger charge is -2.40. The molecule has 0 aromatic carbocycles. The normalized spacial score (nSPS) is 31.9. The number of aliphatic hydroxyl groups excluding tert-OH is 6. The molecule has 8 unspecified atom stereocenters. The third kappa shape index (κ3) is 7.51. The first-order chi connectivity index (χ1) is 12.7. The SMILES string of the molecule is CCCC(=S)NC(COC1CC(CO)C(O)C(O)C1O)C(O)CC(O)CC. The van der Waals surface area contributed by atoms with Crippen molar-refractivity contribution in [1.29, 1.82) is 0 Å². The number of aliphatic hydroxyl groups is 6. The quantitative estimate of drug-likeness (QED) is 0.215. The lowest BCUT2D eigenvalue weighted by molar-refractivity contribution is -0.181. The monoisotopic (exact) mass is 409 g/mol. The molecule has 0 heterocycles. The number of hydrogen-bond acceptors (Lipinski definition) is 8. The van der Waals surface area contributed by atoms with E-state index in [4.69, 9.17) is 17.0 Å². The van der Waals surface area contributed by atoms with Crippen molar-refractivity contribution >= 4 is 17.2 Å². The third-order valence-electron chi connectivity index (χ3n) is 5.10. The lowest BCUT2D eigenvalue weighted by Crippen LogP contribution is -2.56. The molecule has 9 heteroatoms. The fourth-order valence-corrected chi connectivity index (χ4v) is 3.57. The van der Waals surface area contributed by atoms with Gasteiger partial charge in [0.15, 0.2) is 0 Å². The highest BCUT2D eigenvalue weighted by atomic mass is 32.1. The molecule has 0 bridgehead atoms. The van der Waals surface area contributed by atoms with Crippen LogP contribution in [-0.4, -0.2) is 91.5 Å². The molecule has 1 rings (SSSR count). The second-order valence-corrected chi connectivity index (χ2v) is 7.80. The Morgan fingerprint density at radius 2 is 1.81 bits per heavy atom. The summed E-state index contributed by atoms with van der Waals surface area (Å²) in [6, 6.07) is -0.589. The average Bonchev–Trinajstić information content (AvgIpc) is 2.64. The maximum atomic E-state index is 10.5. The van der Waals surface area contributed by atoms with Crippen LogP contribution in [0.15, 0.2) is 0 Å². The molecule has 0 aromatic heterocycles. The number of ether oxygens (including phenoxy) is 1. The largest absolute Gasteiger partial charge is 0.396 e. The van der Waals surface area contributed by atoms with Crippen molar-refractivity contribution in [2.75, 3.05) is 13.2 Å². The van der Waals surface area contributed by atoms with E-state index in [2.05, 4.69) is 5.32 Å². The van der Waals surface area contributed by atoms with Gasteiger partial charge < -0.3 is 40.7 Å². The van der Waals surface area contributed by atoms with Crippen molar-refractivity contribution < 1.29 is 35.4 Å². The third-order valence-corrected chi connectivity index (χ3v) is 5.42. The predicted octanol–water partition coefficient (Wildman–Crippen LogP) is -0.926. The zero-order valence-electron chi connectivity index (χ0n) is 16.1. The maximum absolute atomic E-state index is 10.5. The van der Waals surface area contributed by atoms with Crippen LogP contribution in [0.3, 0.4) is 0 Å². The fraction of sp³-hybridized carbons (Fsp3) is 0.944. The Labute approximate surface area is 166 Å². The van der Waals surface area contributed by atoms with Crippen molar-refractivity contribution in [2.45, 2.75) is 88.6 Å². The van der Waals surface area contributed by atoms with Crippen LogP contribution < -0.4 is 5.32 Å². The maximum Gasteiger partial charge on any atom is 0.109 e. The van der Waals surface area contributed by atoms with E-state index in [1.165, 1.54) is 0 Å². The first kappa shape index (κ1) is 24.6. The molecule has 0 radical (unpaired) electrons. The Balaban J connectivity index is 2.74. The fourth-order valence-electron chi connectivity index (χ4n) is 3.22. The molecule has 1 aliphatic rings. The van der Waals surface area contributed by atoms with Gasteiger partial charge in [-0.25, -0.2) is 0 Å². The van der Waals surface area contributed by atoms with Crippen LogP contribution in [0.25, 0.3) is 0 Å². The molecule has 1 fully saturated rings. The van der Waals surface area contributed by atoms with Gasteiger partial charge in [-0.3, -0.25) is 0 Å². The Morgan fingerprint density at radius 1 is 1.15 bits per heavy atom. The highest BCUT2D eigenvalue weighted by Gasteiger charge is 2.43. The minimum atomic E-state index is -1.42. The molecule has 27 heavy (non-hydrogen) atoms. The second kappa shape index (κ2) is 12.2. The van der Waals surface area contributed by atoms with Crippen LogP contribution in [0, 0.1) is 5.92 Å². The lowest BCUT2D eigenvalue weighted by atomic mass is 9.81. The summed E-state index contributed by atoms with van der Waals surface area (Å²) < 4.78 is 5.73. The molecule has 1 aliphatic carbocycles. The molecular weight excluding hydrogens is 374 g/mol. The summed E-state index contributed by atoms with van der Waals surface area (Å²) in [6.45, 7) is 3.46. The average molecular weight is 410 g/mol. The summed E-state index contributed by atoms with van der Waals surface area (Å²) in [7, 11) is 0. The van der Waals surface area contributed by atoms with Gasteiger partial charge in [-0.05, 0) is 25.7 Å². The van der Waals surface area contributed by atoms with Gasteiger partial charge in [-0.1, -0.05) is 26.1 Å². The Hall–Kier alpha value is -0.390. The van der Waals surface area contributed by atoms with Crippen molar-refractivity contribution in [2.24, 2.45) is 5.92 Å². The van der Waals surface area contributed by atoms with Gasteiger partial charge in [-0.2, -0.15) is 0 Å². The molecule has 1 saturated carbocycles. The van der Waals surface area contributed by atoms with Gasteiger partial charge in [0, 0.05) is 18.9 Å². The molecule has 160 valence electrons. The molecule has 8 atom stereocenters. The molecular formula is C18H35NO7S. The van der Waals surface area contributed by atoms with Gasteiger partial charge in [0.25, 0.3) is 0 Å². The van der Waals surface area contributed by atoms with E-state index in [1.807, 2.05) is 13.8 Å². The van der Waals surface area contributed by atoms with E-state index >= 15 is 0 Å². The summed E-state index contributed by atoms with van der Waals surface area (Å²) in [5, 5.41) is 62.7. The summed E-state index contributed by atoms with van der Waals surface area (Å²) in [5.74, 6) is -0.604. The molecule has 0 aliphatic heterocycles. The molecule has 0 spiro atoms. The highest BCUT2D eigenvalue weighted by Crippen LogP contribution is 2.28. The Morgan fingerprint density at radius 3 is 2.37 bits per heavy atom. The van der Waals surface area contributed by atoms with Crippen LogP contribution in [0.5, 0.6) is 0 Å². The van der Waals surface area contributed by atoms with Crippen LogP contribution in [0.1, 0.15) is 46.0 Å². The minimum Gasteiger partial charge on any atom is -0.396 e. The van der Waals surface area contributed by atoms with Crippen molar-refractivity contribution in [3.63, 3.8) is 0 Å². The van der Waals surface area contributed by atoms with Crippen molar-refractivity contribution in [3.05, 3.63) is 0 Å². The Bertz CT molecular complexity index is 440. The first-order valence-electron chi connectivity index (χ1n) is 9.67. The highest BCUT2D eigenvalue weighted by molar-refractivity contribution is 7.80. The zero-order valence-corrected chi connectivity index (χ0v) is 16.9. The van der Waals surface area contributed by atoms with Gasteiger partial charge in [-0.15, -0.1) is 0 Å². The van der Waals surface area contributed by atoms with Crippen LogP contribution in [0.2, 0.25) is 0 Å². The van der Waals surface area contributed by atoms with Gasteiger partial charge >= 0.3 is 0 Å². The minimum absolute atomic E-state index is 0.00978. The molecule has 8 nitrogen and oxygen atoms in total. The summed E-state index contributed by atoms with van der Waals surface area (Å²) in [5.41, 5.74) is 0. The predicted molar refractivity (Wildman–Crippen MR) is 104 cm³/mol. The molecule has 0 saturated heterocycles. The number of thiocarbonyl (C=S) groups is 1. The van der Waals surface area contributed by atoms with E-state index in [9.17, 15) is 30.6 Å². The zero-order chi connectivity index (χ0) is 20.6. The standard InChI is InChI=1S/C18H35NO7S/c1-3-5-15(27)19-12(13(22)7-11(21)4-2)9-26-14-6-10(8-20)16(23)18(25)17(14)24/h10-14,16-18,20-25H,3-9H2,1-2H3,(H,19,27). The van der Waals surface area contributed by atoms with E-state index in [0.717, 1.165) is 6.42 Å². The summed E-state index contributed by atoms with van der Waals surface area (Å²) >= 11 is 5.26. The molecule has 0 aromatic rings. The van der Waals surface area contributed by atoms with E-state index in [0.29, 0.717) is 17.8 Å². The van der Waals surface area contributed by atoms with Crippen LogP contribution in [0.4, 0.5) is 0 Å². The van der Waals surface area contributed by atoms with Crippen molar-refractivity contribution in [3.8, 4) is 0 Å². The van der Waals surface area contributed by atoms with E-state index < -0.39 is 48.6 Å². The van der Waals surface area contributed by atoms with Crippen molar-refractivity contribution in [1.82, 2.24) is 5.32 Å².